The number of carbonyl (C=O) groups is 2. The summed E-state index contributed by atoms with van der Waals surface area (Å²) in [4.78, 5) is 24.2. The zero-order valence-electron chi connectivity index (χ0n) is 10.4. The Balaban J connectivity index is 2.31. The van der Waals surface area contributed by atoms with E-state index < -0.39 is 11.8 Å². The molecule has 0 aliphatic carbocycles. The van der Waals surface area contributed by atoms with Gasteiger partial charge in [-0.15, -0.1) is 11.3 Å². The number of rotatable bonds is 3. The van der Waals surface area contributed by atoms with Gasteiger partial charge in [0, 0.05) is 10.9 Å². The Morgan fingerprint density at radius 3 is 2.53 bits per heavy atom. The lowest BCUT2D eigenvalue weighted by molar-refractivity contribution is 0.0998. The number of amides is 2. The second-order valence-corrected chi connectivity index (χ2v) is 5.23. The first-order chi connectivity index (χ1) is 8.90. The number of furan rings is 1. The fraction of sp³-hybridized carbons (Fsp3) is 0.167. The molecule has 2 amide bonds. The lowest BCUT2D eigenvalue weighted by Gasteiger charge is -2.02. The third kappa shape index (κ3) is 2.45. The van der Waals surface area contributed by atoms with E-state index in [9.17, 15) is 9.59 Å². The summed E-state index contributed by atoms with van der Waals surface area (Å²) >= 11 is 1.29. The molecule has 0 saturated heterocycles. The fourth-order valence-electron chi connectivity index (χ4n) is 1.65. The zero-order chi connectivity index (χ0) is 14.2. The van der Waals surface area contributed by atoms with Crippen LogP contribution in [-0.4, -0.2) is 11.8 Å². The zero-order valence-corrected chi connectivity index (χ0v) is 11.3. The lowest BCUT2D eigenvalue weighted by Crippen LogP contribution is -2.17. The summed E-state index contributed by atoms with van der Waals surface area (Å²) in [5.74, 6) is -0.813. The van der Waals surface area contributed by atoms with Crippen molar-refractivity contribution in [3.05, 3.63) is 33.9 Å². The van der Waals surface area contributed by atoms with Crippen molar-refractivity contribution in [3.63, 3.8) is 0 Å². The Labute approximate surface area is 113 Å². The summed E-state index contributed by atoms with van der Waals surface area (Å²) in [7, 11) is 0. The number of anilines is 2. The van der Waals surface area contributed by atoms with E-state index in [4.69, 9.17) is 15.9 Å². The molecule has 2 rings (SSSR count). The highest BCUT2D eigenvalue weighted by Crippen LogP contribution is 2.32. The molecule has 0 spiro atoms. The minimum atomic E-state index is -0.573. The topological polar surface area (TPSA) is 111 Å². The highest BCUT2D eigenvalue weighted by atomic mass is 32.1. The molecule has 0 aliphatic rings. The van der Waals surface area contributed by atoms with Gasteiger partial charge in [-0.1, -0.05) is 0 Å². The number of aryl methyl sites for hydroxylation is 1. The van der Waals surface area contributed by atoms with Crippen LogP contribution in [0, 0.1) is 13.8 Å². The molecule has 7 heteroatoms. The van der Waals surface area contributed by atoms with Crippen LogP contribution in [0.1, 0.15) is 31.4 Å². The van der Waals surface area contributed by atoms with Crippen molar-refractivity contribution >= 4 is 34.0 Å². The van der Waals surface area contributed by atoms with Gasteiger partial charge in [-0.25, -0.2) is 0 Å². The Bertz CT molecular complexity index is 657. The Morgan fingerprint density at radius 2 is 2.00 bits per heavy atom. The van der Waals surface area contributed by atoms with Crippen LogP contribution in [0.15, 0.2) is 16.5 Å². The van der Waals surface area contributed by atoms with Gasteiger partial charge in [-0.3, -0.25) is 9.59 Å². The largest absolute Gasteiger partial charge is 0.436 e. The third-order valence-electron chi connectivity index (χ3n) is 2.71. The molecule has 0 unspecified atom stereocenters. The van der Waals surface area contributed by atoms with E-state index in [0.717, 1.165) is 10.4 Å². The Kier molecular flexibility index (Phi) is 3.30. The summed E-state index contributed by atoms with van der Waals surface area (Å²) in [6.45, 7) is 3.64. The molecule has 2 aromatic heterocycles. The molecular weight excluding hydrogens is 266 g/mol. The van der Waals surface area contributed by atoms with Crippen molar-refractivity contribution < 1.29 is 14.0 Å². The van der Waals surface area contributed by atoms with Gasteiger partial charge < -0.3 is 21.2 Å². The van der Waals surface area contributed by atoms with Gasteiger partial charge in [-0.05, 0) is 25.5 Å². The van der Waals surface area contributed by atoms with E-state index in [-0.39, 0.29) is 11.6 Å². The molecule has 2 heterocycles. The highest BCUT2D eigenvalue weighted by molar-refractivity contribution is 7.16. The highest BCUT2D eigenvalue weighted by Gasteiger charge is 2.20. The molecule has 19 heavy (non-hydrogen) atoms. The van der Waals surface area contributed by atoms with Crippen molar-refractivity contribution in [3.8, 4) is 0 Å². The summed E-state index contributed by atoms with van der Waals surface area (Å²) in [6.07, 6.45) is 0. The summed E-state index contributed by atoms with van der Waals surface area (Å²) < 4.78 is 5.01. The lowest BCUT2D eigenvalue weighted by atomic mass is 10.1. The average Bonchev–Trinajstić information content (AvgIpc) is 2.85. The number of thiophene rings is 1. The molecule has 0 atom stereocenters. The normalized spacial score (nSPS) is 10.4. The SMILES string of the molecule is Cc1sc(NC(=O)c2ccc(N)o2)c(C(N)=O)c1C. The monoisotopic (exact) mass is 279 g/mol. The summed E-state index contributed by atoms with van der Waals surface area (Å²) in [6, 6.07) is 2.94. The molecule has 2 aromatic rings. The van der Waals surface area contributed by atoms with E-state index in [0.29, 0.717) is 10.6 Å². The molecular formula is C12H13N3O3S. The number of carbonyl (C=O) groups excluding carboxylic acids is 2. The van der Waals surface area contributed by atoms with Gasteiger partial charge in [0.1, 0.15) is 5.00 Å². The maximum Gasteiger partial charge on any atom is 0.292 e. The minimum Gasteiger partial charge on any atom is -0.436 e. The van der Waals surface area contributed by atoms with Crippen LogP contribution in [0.3, 0.4) is 0 Å². The molecule has 0 radical (unpaired) electrons. The van der Waals surface area contributed by atoms with Crippen LogP contribution in [0.5, 0.6) is 0 Å². The molecule has 0 bridgehead atoms. The van der Waals surface area contributed by atoms with Gasteiger partial charge in [0.15, 0.2) is 11.6 Å². The van der Waals surface area contributed by atoms with Crippen molar-refractivity contribution in [2.24, 2.45) is 5.73 Å². The molecule has 0 aliphatic heterocycles. The first kappa shape index (κ1) is 13.2. The van der Waals surface area contributed by atoms with Crippen molar-refractivity contribution in [1.29, 1.82) is 0 Å². The number of primary amides is 1. The predicted molar refractivity (Wildman–Crippen MR) is 73.4 cm³/mol. The van der Waals surface area contributed by atoms with Gasteiger partial charge in [-0.2, -0.15) is 0 Å². The molecule has 5 N–H and O–H groups in total. The Morgan fingerprint density at radius 1 is 1.32 bits per heavy atom. The van der Waals surface area contributed by atoms with Crippen LogP contribution in [0.4, 0.5) is 10.9 Å². The van der Waals surface area contributed by atoms with Crippen molar-refractivity contribution in [2.45, 2.75) is 13.8 Å². The van der Waals surface area contributed by atoms with E-state index in [2.05, 4.69) is 5.32 Å². The van der Waals surface area contributed by atoms with Crippen LogP contribution in [0.25, 0.3) is 0 Å². The van der Waals surface area contributed by atoms with E-state index in [1.54, 1.807) is 6.92 Å². The fourth-order valence-corrected chi connectivity index (χ4v) is 2.71. The number of nitrogen functional groups attached to an aromatic ring is 1. The molecule has 0 aromatic carbocycles. The van der Waals surface area contributed by atoms with Crippen molar-refractivity contribution in [1.82, 2.24) is 0 Å². The Hall–Kier alpha value is -2.28. The van der Waals surface area contributed by atoms with E-state index >= 15 is 0 Å². The quantitative estimate of drug-likeness (QED) is 0.796. The van der Waals surface area contributed by atoms with Crippen LogP contribution >= 0.6 is 11.3 Å². The third-order valence-corrected chi connectivity index (χ3v) is 3.83. The molecule has 0 fully saturated rings. The molecule has 100 valence electrons. The number of nitrogens with two attached hydrogens (primary N) is 2. The first-order valence-corrected chi connectivity index (χ1v) is 6.28. The summed E-state index contributed by atoms with van der Waals surface area (Å²) in [5.41, 5.74) is 11.8. The van der Waals surface area contributed by atoms with Crippen LogP contribution in [0.2, 0.25) is 0 Å². The molecule has 6 nitrogen and oxygen atoms in total. The average molecular weight is 279 g/mol. The first-order valence-electron chi connectivity index (χ1n) is 5.46. The van der Waals surface area contributed by atoms with Crippen molar-refractivity contribution in [2.75, 3.05) is 11.1 Å². The smallest absolute Gasteiger partial charge is 0.292 e. The van der Waals surface area contributed by atoms with Gasteiger partial charge in [0.2, 0.25) is 0 Å². The maximum atomic E-state index is 11.9. The van der Waals surface area contributed by atoms with Crippen LogP contribution < -0.4 is 16.8 Å². The van der Waals surface area contributed by atoms with Gasteiger partial charge >= 0.3 is 0 Å². The van der Waals surface area contributed by atoms with E-state index in [1.807, 2.05) is 6.92 Å². The number of hydrogen-bond donors (Lipinski definition) is 3. The predicted octanol–water partition coefficient (Wildman–Crippen LogP) is 1.89. The number of hydrogen-bond acceptors (Lipinski definition) is 5. The maximum absolute atomic E-state index is 11.9. The van der Waals surface area contributed by atoms with Gasteiger partial charge in [0.05, 0.1) is 5.56 Å². The van der Waals surface area contributed by atoms with Crippen LogP contribution in [-0.2, 0) is 0 Å². The van der Waals surface area contributed by atoms with Gasteiger partial charge in [0.25, 0.3) is 11.8 Å². The summed E-state index contributed by atoms with van der Waals surface area (Å²) in [5, 5.41) is 3.03. The minimum absolute atomic E-state index is 0.0802. The molecule has 0 saturated carbocycles. The second kappa shape index (κ2) is 4.77. The van der Waals surface area contributed by atoms with E-state index in [1.165, 1.54) is 23.5 Å². The number of nitrogens with one attached hydrogen (secondary N) is 1. The standard InChI is InChI=1S/C12H13N3O3S/c1-5-6(2)19-12(9(5)10(14)16)15-11(17)7-3-4-8(13)18-7/h3-4H,13H2,1-2H3,(H2,14,16)(H,15,17). The second-order valence-electron chi connectivity index (χ2n) is 4.01.